The number of ether oxygens (including phenoxy) is 3. The number of hydrogen-bond acceptors (Lipinski definition) is 5. The molecule has 4 rings (SSSR count). The molecule has 2 fully saturated rings. The van der Waals surface area contributed by atoms with Crippen LogP contribution in [0.3, 0.4) is 0 Å². The molecular formula is C21H26N2O3. The van der Waals surface area contributed by atoms with Crippen molar-refractivity contribution in [3.05, 3.63) is 59.9 Å². The molecule has 3 heterocycles. The van der Waals surface area contributed by atoms with Crippen molar-refractivity contribution in [1.29, 1.82) is 0 Å². The number of benzene rings is 1. The van der Waals surface area contributed by atoms with E-state index in [-0.39, 0.29) is 11.7 Å². The van der Waals surface area contributed by atoms with Crippen LogP contribution in [0.4, 0.5) is 0 Å². The highest BCUT2D eigenvalue weighted by Crippen LogP contribution is 2.44. The van der Waals surface area contributed by atoms with Crippen molar-refractivity contribution in [2.75, 3.05) is 33.9 Å². The van der Waals surface area contributed by atoms with E-state index in [0.29, 0.717) is 5.92 Å². The molecule has 0 N–H and O–H groups in total. The van der Waals surface area contributed by atoms with E-state index >= 15 is 0 Å². The summed E-state index contributed by atoms with van der Waals surface area (Å²) in [6.45, 7) is 3.42. The molecule has 0 unspecified atom stereocenters. The Labute approximate surface area is 154 Å². The van der Waals surface area contributed by atoms with Gasteiger partial charge in [-0.15, -0.1) is 0 Å². The molecule has 2 saturated heterocycles. The lowest BCUT2D eigenvalue weighted by molar-refractivity contribution is -0.0757. The van der Waals surface area contributed by atoms with Gasteiger partial charge in [0.05, 0.1) is 19.8 Å². The molecule has 138 valence electrons. The Morgan fingerprint density at radius 1 is 1.23 bits per heavy atom. The molecule has 1 aromatic carbocycles. The first-order valence-corrected chi connectivity index (χ1v) is 9.14. The van der Waals surface area contributed by atoms with Crippen LogP contribution in [0.1, 0.15) is 23.5 Å². The maximum atomic E-state index is 6.39. The lowest BCUT2D eigenvalue weighted by atomic mass is 9.87. The molecule has 0 saturated carbocycles. The Kier molecular flexibility index (Phi) is 4.94. The van der Waals surface area contributed by atoms with Crippen LogP contribution in [-0.4, -0.2) is 55.5 Å². The van der Waals surface area contributed by atoms with Gasteiger partial charge in [0.1, 0.15) is 11.4 Å². The third-order valence-electron chi connectivity index (χ3n) is 5.67. The number of nitrogens with zero attached hydrogens (tertiary/aromatic N) is 2. The monoisotopic (exact) mass is 354 g/mol. The Hall–Kier alpha value is -1.95. The van der Waals surface area contributed by atoms with Crippen molar-refractivity contribution in [2.24, 2.45) is 0 Å². The second-order valence-electron chi connectivity index (χ2n) is 7.30. The zero-order chi connectivity index (χ0) is 18.0. The summed E-state index contributed by atoms with van der Waals surface area (Å²) in [4.78, 5) is 6.53. The van der Waals surface area contributed by atoms with E-state index in [1.807, 2.05) is 18.5 Å². The minimum Gasteiger partial charge on any atom is -0.497 e. The topological polar surface area (TPSA) is 43.8 Å². The molecule has 0 amide bonds. The summed E-state index contributed by atoms with van der Waals surface area (Å²) in [5.74, 6) is 1.28. The van der Waals surface area contributed by atoms with Gasteiger partial charge in [-0.1, -0.05) is 12.1 Å². The fraction of sp³-hybridized carbons (Fsp3) is 0.476. The van der Waals surface area contributed by atoms with E-state index in [1.165, 1.54) is 11.1 Å². The first-order valence-electron chi connectivity index (χ1n) is 9.14. The van der Waals surface area contributed by atoms with Gasteiger partial charge in [0, 0.05) is 45.1 Å². The second-order valence-corrected chi connectivity index (χ2v) is 7.30. The zero-order valence-corrected chi connectivity index (χ0v) is 15.4. The van der Waals surface area contributed by atoms with E-state index in [9.17, 15) is 0 Å². The van der Waals surface area contributed by atoms with Crippen molar-refractivity contribution >= 4 is 0 Å². The van der Waals surface area contributed by atoms with Crippen LogP contribution < -0.4 is 4.74 Å². The number of hydrogen-bond donors (Lipinski definition) is 0. The summed E-state index contributed by atoms with van der Waals surface area (Å²) in [7, 11) is 3.51. The molecule has 2 aliphatic rings. The van der Waals surface area contributed by atoms with Gasteiger partial charge in [-0.3, -0.25) is 9.88 Å². The molecule has 3 atom stereocenters. The smallest absolute Gasteiger partial charge is 0.119 e. The summed E-state index contributed by atoms with van der Waals surface area (Å²) in [5, 5.41) is 0. The molecule has 0 aliphatic carbocycles. The van der Waals surface area contributed by atoms with Crippen LogP contribution in [0.25, 0.3) is 0 Å². The Morgan fingerprint density at radius 2 is 2.08 bits per heavy atom. The largest absolute Gasteiger partial charge is 0.497 e. The fourth-order valence-corrected chi connectivity index (χ4v) is 4.35. The third kappa shape index (κ3) is 3.34. The third-order valence-corrected chi connectivity index (χ3v) is 5.67. The Balaban J connectivity index is 1.48. The average Bonchev–Trinajstić information content (AvgIpc) is 3.26. The van der Waals surface area contributed by atoms with Crippen molar-refractivity contribution < 1.29 is 14.2 Å². The number of rotatable bonds is 5. The summed E-state index contributed by atoms with van der Waals surface area (Å²) in [6.07, 6.45) is 4.77. The maximum Gasteiger partial charge on any atom is 0.119 e. The standard InChI is InChI=1S/C21H26N2O3/c1-24-19-5-3-4-17(10-19)18-11-21(26-14-18)15-23(13-20(21)25-2)12-16-6-8-22-9-7-16/h3-10,18,20H,11-15H2,1-2H3/t18-,20-,21-/m1/s1. The van der Waals surface area contributed by atoms with Crippen molar-refractivity contribution in [2.45, 2.75) is 30.6 Å². The van der Waals surface area contributed by atoms with Crippen LogP contribution in [0, 0.1) is 0 Å². The minimum atomic E-state index is -0.227. The molecule has 2 aliphatic heterocycles. The zero-order valence-electron chi connectivity index (χ0n) is 15.4. The van der Waals surface area contributed by atoms with E-state index in [4.69, 9.17) is 14.2 Å². The Morgan fingerprint density at radius 3 is 2.85 bits per heavy atom. The molecule has 0 radical (unpaired) electrons. The molecule has 5 heteroatoms. The minimum absolute atomic E-state index is 0.0972. The van der Waals surface area contributed by atoms with Crippen molar-refractivity contribution in [3.63, 3.8) is 0 Å². The molecule has 5 nitrogen and oxygen atoms in total. The van der Waals surface area contributed by atoms with Crippen LogP contribution in [-0.2, 0) is 16.0 Å². The van der Waals surface area contributed by atoms with Gasteiger partial charge < -0.3 is 14.2 Å². The van der Waals surface area contributed by atoms with Gasteiger partial charge in [0.25, 0.3) is 0 Å². The number of pyridine rings is 1. The highest BCUT2D eigenvalue weighted by molar-refractivity contribution is 5.32. The predicted octanol–water partition coefficient (Wildman–Crippen LogP) is 2.86. The van der Waals surface area contributed by atoms with Crippen molar-refractivity contribution in [3.8, 4) is 5.75 Å². The van der Waals surface area contributed by atoms with Gasteiger partial charge in [0.2, 0.25) is 0 Å². The highest BCUT2D eigenvalue weighted by atomic mass is 16.6. The highest BCUT2D eigenvalue weighted by Gasteiger charge is 2.52. The van der Waals surface area contributed by atoms with E-state index in [1.54, 1.807) is 14.2 Å². The van der Waals surface area contributed by atoms with Crippen LogP contribution in [0.2, 0.25) is 0 Å². The van der Waals surface area contributed by atoms with Gasteiger partial charge in [-0.2, -0.15) is 0 Å². The predicted molar refractivity (Wildman–Crippen MR) is 99.3 cm³/mol. The van der Waals surface area contributed by atoms with Crippen LogP contribution >= 0.6 is 0 Å². The normalized spacial score (nSPS) is 28.7. The maximum absolute atomic E-state index is 6.39. The summed E-state index contributed by atoms with van der Waals surface area (Å²) < 4.78 is 17.6. The lowest BCUT2D eigenvalue weighted by Crippen LogP contribution is -2.42. The van der Waals surface area contributed by atoms with E-state index in [0.717, 1.165) is 38.4 Å². The molecular weight excluding hydrogens is 328 g/mol. The molecule has 2 aromatic rings. The summed E-state index contributed by atoms with van der Waals surface area (Å²) in [6, 6.07) is 12.5. The molecule has 1 aromatic heterocycles. The second kappa shape index (κ2) is 7.35. The van der Waals surface area contributed by atoms with Crippen molar-refractivity contribution in [1.82, 2.24) is 9.88 Å². The summed E-state index contributed by atoms with van der Waals surface area (Å²) in [5.41, 5.74) is 2.33. The molecule has 0 bridgehead atoms. The summed E-state index contributed by atoms with van der Waals surface area (Å²) >= 11 is 0. The fourth-order valence-electron chi connectivity index (χ4n) is 4.35. The lowest BCUT2D eigenvalue weighted by Gasteiger charge is -2.28. The van der Waals surface area contributed by atoms with Gasteiger partial charge in [0.15, 0.2) is 0 Å². The number of methoxy groups -OCH3 is 2. The first-order chi connectivity index (χ1) is 12.7. The van der Waals surface area contributed by atoms with Gasteiger partial charge in [-0.05, 0) is 41.8 Å². The first kappa shape index (κ1) is 17.5. The van der Waals surface area contributed by atoms with E-state index < -0.39 is 0 Å². The average molecular weight is 354 g/mol. The quantitative estimate of drug-likeness (QED) is 0.826. The van der Waals surface area contributed by atoms with Gasteiger partial charge in [-0.25, -0.2) is 0 Å². The SMILES string of the molecule is COc1cccc([C@H]2CO[C@]3(C2)CN(Cc2ccncc2)C[C@H]3OC)c1. The Bertz CT molecular complexity index is 739. The van der Waals surface area contributed by atoms with Crippen LogP contribution in [0.5, 0.6) is 5.75 Å². The van der Waals surface area contributed by atoms with Crippen LogP contribution in [0.15, 0.2) is 48.8 Å². The number of aromatic nitrogens is 1. The van der Waals surface area contributed by atoms with E-state index in [2.05, 4.69) is 40.2 Å². The molecule has 26 heavy (non-hydrogen) atoms. The molecule has 1 spiro atoms. The number of likely N-dealkylation sites (tertiary alicyclic amines) is 1. The van der Waals surface area contributed by atoms with Gasteiger partial charge >= 0.3 is 0 Å².